The topological polar surface area (TPSA) is 42.2 Å². The maximum absolute atomic E-state index is 6.12. The van der Waals surface area contributed by atoms with Crippen LogP contribution in [0.1, 0.15) is 11.5 Å². The Morgan fingerprint density at radius 2 is 2.24 bits per heavy atom. The molecule has 0 amide bonds. The van der Waals surface area contributed by atoms with Crippen molar-refractivity contribution in [1.82, 2.24) is 10.1 Å². The lowest BCUT2D eigenvalue weighted by Gasteiger charge is -2.17. The van der Waals surface area contributed by atoms with Crippen LogP contribution < -0.4 is 4.90 Å². The zero-order chi connectivity index (χ0) is 12.4. The molecule has 17 heavy (non-hydrogen) atoms. The summed E-state index contributed by atoms with van der Waals surface area (Å²) >= 11 is 9.44. The summed E-state index contributed by atoms with van der Waals surface area (Å²) in [6.07, 6.45) is 1.71. The predicted octanol–water partition coefficient (Wildman–Crippen LogP) is 3.43. The normalized spacial score (nSPS) is 10.6. The van der Waals surface area contributed by atoms with Crippen LogP contribution in [0, 0.1) is 6.92 Å². The third kappa shape index (κ3) is 2.98. The van der Waals surface area contributed by atoms with Crippen LogP contribution >= 0.6 is 27.5 Å². The van der Waals surface area contributed by atoms with Gasteiger partial charge in [-0.3, -0.25) is 0 Å². The molecule has 2 aromatic heterocycles. The van der Waals surface area contributed by atoms with Crippen LogP contribution in [0.4, 0.5) is 5.82 Å². The Morgan fingerprint density at radius 3 is 2.82 bits per heavy atom. The fourth-order valence-electron chi connectivity index (χ4n) is 1.50. The van der Waals surface area contributed by atoms with Crippen LogP contribution in [-0.4, -0.2) is 17.2 Å². The second-order valence-corrected chi connectivity index (χ2v) is 5.07. The van der Waals surface area contributed by atoms with E-state index in [0.29, 0.717) is 11.6 Å². The van der Waals surface area contributed by atoms with Crippen LogP contribution in [-0.2, 0) is 6.54 Å². The number of halogens is 2. The summed E-state index contributed by atoms with van der Waals surface area (Å²) in [6.45, 7) is 2.47. The highest BCUT2D eigenvalue weighted by Gasteiger charge is 2.10. The molecule has 0 saturated heterocycles. The van der Waals surface area contributed by atoms with Gasteiger partial charge in [0.1, 0.15) is 17.3 Å². The van der Waals surface area contributed by atoms with Gasteiger partial charge >= 0.3 is 0 Å². The number of aryl methyl sites for hydroxylation is 1. The van der Waals surface area contributed by atoms with Crippen molar-refractivity contribution in [2.45, 2.75) is 13.5 Å². The minimum Gasteiger partial charge on any atom is -0.361 e. The number of aromatic nitrogens is 2. The number of rotatable bonds is 3. The Kier molecular flexibility index (Phi) is 3.69. The Bertz CT molecular complexity index is 529. The average Bonchev–Trinajstić information content (AvgIpc) is 2.63. The lowest BCUT2D eigenvalue weighted by atomic mass is 10.3. The molecule has 0 radical (unpaired) electrons. The SMILES string of the molecule is Cc1cc(CN(C)c2ncc(Br)cc2Cl)no1. The van der Waals surface area contributed by atoms with Gasteiger partial charge in [0.05, 0.1) is 11.6 Å². The van der Waals surface area contributed by atoms with Gasteiger partial charge in [-0.2, -0.15) is 0 Å². The first kappa shape index (κ1) is 12.4. The molecule has 0 atom stereocenters. The van der Waals surface area contributed by atoms with Gasteiger partial charge in [0.15, 0.2) is 0 Å². The number of hydrogen-bond donors (Lipinski definition) is 0. The van der Waals surface area contributed by atoms with Gasteiger partial charge in [0.2, 0.25) is 0 Å². The Labute approximate surface area is 113 Å². The van der Waals surface area contributed by atoms with Gasteiger partial charge in [-0.1, -0.05) is 16.8 Å². The molecule has 0 N–H and O–H groups in total. The maximum Gasteiger partial charge on any atom is 0.147 e. The van der Waals surface area contributed by atoms with E-state index in [1.807, 2.05) is 31.0 Å². The Morgan fingerprint density at radius 1 is 1.47 bits per heavy atom. The molecule has 0 spiro atoms. The van der Waals surface area contributed by atoms with Crippen molar-refractivity contribution in [3.8, 4) is 0 Å². The molecule has 2 aromatic rings. The highest BCUT2D eigenvalue weighted by Crippen LogP contribution is 2.26. The number of anilines is 1. The van der Waals surface area contributed by atoms with E-state index >= 15 is 0 Å². The van der Waals surface area contributed by atoms with E-state index in [1.165, 1.54) is 0 Å². The van der Waals surface area contributed by atoms with E-state index in [1.54, 1.807) is 6.20 Å². The van der Waals surface area contributed by atoms with E-state index in [-0.39, 0.29) is 0 Å². The molecular formula is C11H11BrClN3O. The third-order valence-electron chi connectivity index (χ3n) is 2.23. The molecule has 2 rings (SSSR count). The lowest BCUT2D eigenvalue weighted by Crippen LogP contribution is -2.18. The summed E-state index contributed by atoms with van der Waals surface area (Å²) in [7, 11) is 1.91. The van der Waals surface area contributed by atoms with Crippen LogP contribution in [0.5, 0.6) is 0 Å². The minimum absolute atomic E-state index is 0.599. The molecule has 0 saturated carbocycles. The van der Waals surface area contributed by atoms with Gasteiger partial charge in [0.25, 0.3) is 0 Å². The molecule has 2 heterocycles. The molecule has 0 fully saturated rings. The fourth-order valence-corrected chi connectivity index (χ4v) is 2.27. The molecule has 0 aliphatic heterocycles. The molecule has 0 unspecified atom stereocenters. The van der Waals surface area contributed by atoms with E-state index < -0.39 is 0 Å². The predicted molar refractivity (Wildman–Crippen MR) is 70.3 cm³/mol. The Hall–Kier alpha value is -1.07. The highest BCUT2D eigenvalue weighted by atomic mass is 79.9. The number of hydrogen-bond acceptors (Lipinski definition) is 4. The zero-order valence-electron chi connectivity index (χ0n) is 9.44. The third-order valence-corrected chi connectivity index (χ3v) is 2.94. The molecule has 6 heteroatoms. The van der Waals surface area contributed by atoms with Crippen molar-refractivity contribution >= 4 is 33.3 Å². The van der Waals surface area contributed by atoms with Crippen LogP contribution in [0.3, 0.4) is 0 Å². The molecule has 4 nitrogen and oxygen atoms in total. The molecule has 0 bridgehead atoms. The first-order valence-electron chi connectivity index (χ1n) is 5.00. The summed E-state index contributed by atoms with van der Waals surface area (Å²) in [4.78, 5) is 6.19. The number of nitrogens with zero attached hydrogens (tertiary/aromatic N) is 3. The van der Waals surface area contributed by atoms with Crippen molar-refractivity contribution in [2.24, 2.45) is 0 Å². The first-order chi connectivity index (χ1) is 8.06. The van der Waals surface area contributed by atoms with E-state index in [2.05, 4.69) is 26.1 Å². The van der Waals surface area contributed by atoms with Crippen molar-refractivity contribution in [1.29, 1.82) is 0 Å². The minimum atomic E-state index is 0.599. The van der Waals surface area contributed by atoms with Crippen molar-refractivity contribution in [3.63, 3.8) is 0 Å². The van der Waals surface area contributed by atoms with Crippen molar-refractivity contribution in [2.75, 3.05) is 11.9 Å². The van der Waals surface area contributed by atoms with E-state index in [9.17, 15) is 0 Å². The van der Waals surface area contributed by atoms with Crippen molar-refractivity contribution in [3.05, 3.63) is 39.3 Å². The van der Waals surface area contributed by atoms with Gasteiger partial charge in [-0.15, -0.1) is 0 Å². The summed E-state index contributed by atoms with van der Waals surface area (Å²) in [5.41, 5.74) is 0.853. The van der Waals surface area contributed by atoms with Crippen LogP contribution in [0.2, 0.25) is 5.02 Å². The van der Waals surface area contributed by atoms with Crippen LogP contribution in [0.15, 0.2) is 27.3 Å². The molecule has 0 aliphatic carbocycles. The van der Waals surface area contributed by atoms with Gasteiger partial charge in [-0.05, 0) is 28.9 Å². The largest absolute Gasteiger partial charge is 0.361 e. The molecular weight excluding hydrogens is 305 g/mol. The quantitative estimate of drug-likeness (QED) is 0.870. The highest BCUT2D eigenvalue weighted by molar-refractivity contribution is 9.10. The van der Waals surface area contributed by atoms with Gasteiger partial charge in [0, 0.05) is 23.8 Å². The van der Waals surface area contributed by atoms with E-state index in [0.717, 1.165) is 21.7 Å². The van der Waals surface area contributed by atoms with Crippen LogP contribution in [0.25, 0.3) is 0 Å². The smallest absolute Gasteiger partial charge is 0.147 e. The monoisotopic (exact) mass is 315 g/mol. The summed E-state index contributed by atoms with van der Waals surface area (Å²) < 4.78 is 5.87. The second kappa shape index (κ2) is 5.06. The number of pyridine rings is 1. The first-order valence-corrected chi connectivity index (χ1v) is 6.18. The Balaban J connectivity index is 2.17. The zero-order valence-corrected chi connectivity index (χ0v) is 11.8. The average molecular weight is 317 g/mol. The lowest BCUT2D eigenvalue weighted by molar-refractivity contribution is 0.390. The summed E-state index contributed by atoms with van der Waals surface area (Å²) in [5, 5.41) is 4.53. The molecule has 90 valence electrons. The molecule has 0 aromatic carbocycles. The maximum atomic E-state index is 6.12. The second-order valence-electron chi connectivity index (χ2n) is 3.74. The van der Waals surface area contributed by atoms with Gasteiger partial charge < -0.3 is 9.42 Å². The van der Waals surface area contributed by atoms with E-state index in [4.69, 9.17) is 16.1 Å². The fraction of sp³-hybridized carbons (Fsp3) is 0.273. The van der Waals surface area contributed by atoms with Crippen molar-refractivity contribution < 1.29 is 4.52 Å². The standard InChI is InChI=1S/C11H11BrClN3O/c1-7-3-9(15-17-7)6-16(2)11-10(13)4-8(12)5-14-11/h3-5H,6H2,1-2H3. The summed E-state index contributed by atoms with van der Waals surface area (Å²) in [6, 6.07) is 3.71. The van der Waals surface area contributed by atoms with Gasteiger partial charge in [-0.25, -0.2) is 4.98 Å². The summed E-state index contributed by atoms with van der Waals surface area (Å²) in [5.74, 6) is 1.51. The molecule has 0 aliphatic rings.